The van der Waals surface area contributed by atoms with Gasteiger partial charge >= 0.3 is 0 Å². The second-order valence-corrected chi connectivity index (χ2v) is 4.85. The van der Waals surface area contributed by atoms with E-state index in [2.05, 4.69) is 33.0 Å². The van der Waals surface area contributed by atoms with Crippen LogP contribution in [0.1, 0.15) is 53.4 Å². The van der Waals surface area contributed by atoms with Gasteiger partial charge in [0.25, 0.3) is 0 Å². The van der Waals surface area contributed by atoms with Crippen molar-refractivity contribution in [1.29, 1.82) is 0 Å². The predicted octanol–water partition coefficient (Wildman–Crippen LogP) is 2.95. The van der Waals surface area contributed by atoms with Crippen molar-refractivity contribution < 1.29 is 0 Å². The topological polar surface area (TPSA) is 12.0 Å². The van der Waals surface area contributed by atoms with Crippen molar-refractivity contribution in [2.75, 3.05) is 0 Å². The van der Waals surface area contributed by atoms with Crippen LogP contribution in [-0.4, -0.2) is 11.6 Å². The van der Waals surface area contributed by atoms with Crippen molar-refractivity contribution in [1.82, 2.24) is 5.32 Å². The van der Waals surface area contributed by atoms with Crippen LogP contribution in [0.15, 0.2) is 0 Å². The molecule has 1 aliphatic heterocycles. The van der Waals surface area contributed by atoms with Crippen LogP contribution in [0.3, 0.4) is 0 Å². The fraction of sp³-hybridized carbons (Fsp3) is 1.00. The Labute approximate surface area is 76.9 Å². The van der Waals surface area contributed by atoms with Crippen LogP contribution < -0.4 is 5.32 Å². The molecule has 1 unspecified atom stereocenters. The first-order valence-electron chi connectivity index (χ1n) is 5.35. The van der Waals surface area contributed by atoms with E-state index in [1.807, 2.05) is 0 Å². The van der Waals surface area contributed by atoms with Gasteiger partial charge < -0.3 is 5.32 Å². The fourth-order valence-electron chi connectivity index (χ4n) is 2.46. The number of nitrogens with one attached hydrogen (secondary N) is 1. The van der Waals surface area contributed by atoms with Crippen molar-refractivity contribution in [2.45, 2.75) is 65.0 Å². The summed E-state index contributed by atoms with van der Waals surface area (Å²) in [6.45, 7) is 9.26. The lowest BCUT2D eigenvalue weighted by molar-refractivity contribution is 0.174. The third-order valence-electron chi connectivity index (χ3n) is 3.08. The van der Waals surface area contributed by atoms with E-state index >= 15 is 0 Å². The summed E-state index contributed by atoms with van der Waals surface area (Å²) in [5.74, 6) is 0.950. The summed E-state index contributed by atoms with van der Waals surface area (Å²) in [5.41, 5.74) is 0.375. The first-order chi connectivity index (χ1) is 5.57. The SMILES string of the molecule is CCC1C[C@@H](CC)NC(C)(C)C1. The molecule has 0 spiro atoms. The highest BCUT2D eigenvalue weighted by Gasteiger charge is 2.31. The zero-order valence-corrected chi connectivity index (χ0v) is 8.98. The summed E-state index contributed by atoms with van der Waals surface area (Å²) in [5, 5.41) is 3.71. The van der Waals surface area contributed by atoms with E-state index in [4.69, 9.17) is 0 Å². The van der Waals surface area contributed by atoms with Gasteiger partial charge in [-0.2, -0.15) is 0 Å². The Kier molecular flexibility index (Phi) is 3.16. The molecule has 1 heterocycles. The molecular formula is C11H23N. The Morgan fingerprint density at radius 1 is 1.25 bits per heavy atom. The van der Waals surface area contributed by atoms with E-state index in [1.54, 1.807) is 0 Å². The summed E-state index contributed by atoms with van der Waals surface area (Å²) in [7, 11) is 0. The van der Waals surface area contributed by atoms with Gasteiger partial charge in [-0.15, -0.1) is 0 Å². The van der Waals surface area contributed by atoms with Gasteiger partial charge in [0.2, 0.25) is 0 Å². The van der Waals surface area contributed by atoms with E-state index in [0.717, 1.165) is 12.0 Å². The lowest BCUT2D eigenvalue weighted by atomic mass is 9.79. The molecule has 1 saturated heterocycles. The van der Waals surface area contributed by atoms with Gasteiger partial charge in [-0.3, -0.25) is 0 Å². The first kappa shape index (κ1) is 10.0. The molecule has 1 rings (SSSR count). The third kappa shape index (κ3) is 2.48. The average Bonchev–Trinajstić information content (AvgIpc) is 2.01. The molecule has 1 nitrogen and oxygen atoms in total. The van der Waals surface area contributed by atoms with Gasteiger partial charge in [-0.25, -0.2) is 0 Å². The lowest BCUT2D eigenvalue weighted by Gasteiger charge is -2.41. The molecule has 1 fully saturated rings. The number of piperidine rings is 1. The maximum atomic E-state index is 3.71. The maximum absolute atomic E-state index is 3.71. The van der Waals surface area contributed by atoms with Gasteiger partial charge in [0.1, 0.15) is 0 Å². The molecule has 0 amide bonds. The highest BCUT2D eigenvalue weighted by atomic mass is 15.0. The molecule has 0 bridgehead atoms. The summed E-state index contributed by atoms with van der Waals surface area (Å²) in [6.07, 6.45) is 5.36. The molecule has 1 heteroatoms. The molecule has 0 saturated carbocycles. The molecule has 2 atom stereocenters. The van der Waals surface area contributed by atoms with E-state index in [1.165, 1.54) is 25.7 Å². The molecule has 0 aromatic rings. The first-order valence-corrected chi connectivity index (χ1v) is 5.35. The van der Waals surface area contributed by atoms with Crippen LogP contribution in [0.2, 0.25) is 0 Å². The molecule has 0 radical (unpaired) electrons. The molecule has 0 aliphatic carbocycles. The van der Waals surface area contributed by atoms with Gasteiger partial charge in [0, 0.05) is 11.6 Å². The van der Waals surface area contributed by atoms with E-state index in [-0.39, 0.29) is 0 Å². The summed E-state index contributed by atoms with van der Waals surface area (Å²) in [6, 6.07) is 0.763. The van der Waals surface area contributed by atoms with Crippen molar-refractivity contribution >= 4 is 0 Å². The Hall–Kier alpha value is -0.0400. The highest BCUT2D eigenvalue weighted by molar-refractivity contribution is 4.90. The average molecular weight is 169 g/mol. The summed E-state index contributed by atoms with van der Waals surface area (Å²) in [4.78, 5) is 0. The maximum Gasteiger partial charge on any atom is 0.0130 e. The van der Waals surface area contributed by atoms with Gasteiger partial charge in [0.05, 0.1) is 0 Å². The van der Waals surface area contributed by atoms with Crippen LogP contribution in [-0.2, 0) is 0 Å². The van der Waals surface area contributed by atoms with Crippen LogP contribution in [0, 0.1) is 5.92 Å². The molecule has 12 heavy (non-hydrogen) atoms. The Morgan fingerprint density at radius 2 is 1.92 bits per heavy atom. The van der Waals surface area contributed by atoms with Gasteiger partial charge in [-0.1, -0.05) is 20.3 Å². The quantitative estimate of drug-likeness (QED) is 0.670. The number of hydrogen-bond donors (Lipinski definition) is 1. The number of hydrogen-bond acceptors (Lipinski definition) is 1. The van der Waals surface area contributed by atoms with Crippen LogP contribution in [0.5, 0.6) is 0 Å². The van der Waals surface area contributed by atoms with Gasteiger partial charge in [-0.05, 0) is 39.0 Å². The third-order valence-corrected chi connectivity index (χ3v) is 3.08. The minimum atomic E-state index is 0.375. The summed E-state index contributed by atoms with van der Waals surface area (Å²) >= 11 is 0. The van der Waals surface area contributed by atoms with Crippen molar-refractivity contribution in [3.63, 3.8) is 0 Å². The van der Waals surface area contributed by atoms with E-state index in [0.29, 0.717) is 5.54 Å². The van der Waals surface area contributed by atoms with E-state index in [9.17, 15) is 0 Å². The predicted molar refractivity (Wildman–Crippen MR) is 54.3 cm³/mol. The van der Waals surface area contributed by atoms with Crippen LogP contribution >= 0.6 is 0 Å². The Bertz CT molecular complexity index is 126. The zero-order chi connectivity index (χ0) is 9.19. The molecule has 1 aliphatic rings. The monoisotopic (exact) mass is 169 g/mol. The molecular weight excluding hydrogens is 146 g/mol. The zero-order valence-electron chi connectivity index (χ0n) is 8.98. The summed E-state index contributed by atoms with van der Waals surface area (Å²) < 4.78 is 0. The van der Waals surface area contributed by atoms with E-state index < -0.39 is 0 Å². The molecule has 1 N–H and O–H groups in total. The largest absolute Gasteiger partial charge is 0.309 e. The molecule has 72 valence electrons. The fourth-order valence-corrected chi connectivity index (χ4v) is 2.46. The van der Waals surface area contributed by atoms with Gasteiger partial charge in [0.15, 0.2) is 0 Å². The second kappa shape index (κ2) is 3.78. The van der Waals surface area contributed by atoms with Crippen molar-refractivity contribution in [2.24, 2.45) is 5.92 Å². The lowest BCUT2D eigenvalue weighted by Crippen LogP contribution is -2.51. The minimum Gasteiger partial charge on any atom is -0.309 e. The van der Waals surface area contributed by atoms with Crippen LogP contribution in [0.4, 0.5) is 0 Å². The normalized spacial score (nSPS) is 35.0. The Balaban J connectivity index is 2.53. The smallest absolute Gasteiger partial charge is 0.0130 e. The number of rotatable bonds is 2. The molecule has 0 aromatic heterocycles. The second-order valence-electron chi connectivity index (χ2n) is 4.85. The van der Waals surface area contributed by atoms with Crippen LogP contribution in [0.25, 0.3) is 0 Å². The van der Waals surface area contributed by atoms with Crippen molar-refractivity contribution in [3.8, 4) is 0 Å². The standard InChI is InChI=1S/C11H23N/c1-5-9-7-10(6-2)12-11(3,4)8-9/h9-10,12H,5-8H2,1-4H3/t9?,10-/m1/s1. The minimum absolute atomic E-state index is 0.375. The Morgan fingerprint density at radius 3 is 2.42 bits per heavy atom. The molecule has 0 aromatic carbocycles. The highest BCUT2D eigenvalue weighted by Crippen LogP contribution is 2.30. The van der Waals surface area contributed by atoms with Crippen molar-refractivity contribution in [3.05, 3.63) is 0 Å².